The third kappa shape index (κ3) is 3.80. The number of aryl methyl sites for hydroxylation is 1. The van der Waals surface area contributed by atoms with Crippen molar-refractivity contribution in [3.05, 3.63) is 36.7 Å². The van der Waals surface area contributed by atoms with Crippen molar-refractivity contribution in [3.8, 4) is 16.9 Å². The number of aromatic nitrogens is 4. The Kier molecular flexibility index (Phi) is 4.87. The Morgan fingerprint density at radius 2 is 1.91 bits per heavy atom. The number of pyridine rings is 1. The van der Waals surface area contributed by atoms with Crippen molar-refractivity contribution in [2.45, 2.75) is 32.8 Å². The predicted molar refractivity (Wildman–Crippen MR) is 116 cm³/mol. The molecule has 3 aromatic heterocycles. The minimum atomic E-state index is -0.499. The molecule has 2 fully saturated rings. The molecule has 8 nitrogen and oxygen atoms in total. The second-order valence-electron chi connectivity index (χ2n) is 9.90. The number of fused-ring (bicyclic) bond motifs is 3. The highest BCUT2D eigenvalue weighted by Crippen LogP contribution is 2.46. The average Bonchev–Trinajstić information content (AvgIpc) is 3.32. The van der Waals surface area contributed by atoms with Crippen molar-refractivity contribution in [3.63, 3.8) is 0 Å². The summed E-state index contributed by atoms with van der Waals surface area (Å²) in [5.41, 5.74) is 1.59. The molecule has 4 heterocycles. The highest BCUT2D eigenvalue weighted by molar-refractivity contribution is 5.71. The Bertz CT molecular complexity index is 1150. The molecular formula is C23H28FN5O3. The topological polar surface area (TPSA) is 73.9 Å². The molecule has 1 aliphatic heterocycles. The number of carbonyl (C=O) groups excluding carboxylic acids is 1. The molecule has 2 unspecified atom stereocenters. The molecular weight excluding hydrogens is 413 g/mol. The quantitative estimate of drug-likeness (QED) is 0.616. The lowest BCUT2D eigenvalue weighted by atomic mass is 9.62. The van der Waals surface area contributed by atoms with Gasteiger partial charge < -0.3 is 14.4 Å². The largest absolute Gasteiger partial charge is 0.491 e. The SMILES string of the molecule is Cn1cc(-c2cc(OCC3C4CC3CN(C(=O)OC(C)(C)C)C4)c3c(F)cnn3c2)cn1. The van der Waals surface area contributed by atoms with Crippen molar-refractivity contribution in [1.82, 2.24) is 24.3 Å². The number of likely N-dealkylation sites (tertiary alicyclic amines) is 1. The van der Waals surface area contributed by atoms with E-state index in [2.05, 4.69) is 10.2 Å². The Morgan fingerprint density at radius 3 is 2.56 bits per heavy atom. The maximum atomic E-state index is 14.4. The van der Waals surface area contributed by atoms with Crippen molar-refractivity contribution in [1.29, 1.82) is 0 Å². The monoisotopic (exact) mass is 441 g/mol. The first-order chi connectivity index (χ1) is 15.2. The van der Waals surface area contributed by atoms with Crippen molar-refractivity contribution >= 4 is 11.6 Å². The fourth-order valence-corrected chi connectivity index (χ4v) is 4.81. The lowest BCUT2D eigenvalue weighted by Crippen LogP contribution is -2.58. The standard InChI is InChI=1S/C23H28FN5O3/c1-23(2,3)32-22(30)28-10-15-5-16(11-28)18(15)13-31-20-6-14(17-7-25-27(4)9-17)12-29-21(20)19(24)8-26-29/h6-9,12,15-16,18H,5,10-11,13H2,1-4H3. The zero-order valence-corrected chi connectivity index (χ0v) is 18.8. The van der Waals surface area contributed by atoms with Crippen LogP contribution in [0.4, 0.5) is 9.18 Å². The van der Waals surface area contributed by atoms with Gasteiger partial charge in [0, 0.05) is 49.6 Å². The number of piperidine rings is 2. The van der Waals surface area contributed by atoms with Gasteiger partial charge >= 0.3 is 6.09 Å². The van der Waals surface area contributed by atoms with E-state index in [0.29, 0.717) is 48.7 Å². The van der Waals surface area contributed by atoms with Gasteiger partial charge in [0.2, 0.25) is 0 Å². The molecule has 1 saturated carbocycles. The maximum absolute atomic E-state index is 14.4. The van der Waals surface area contributed by atoms with E-state index in [1.807, 2.05) is 40.1 Å². The van der Waals surface area contributed by atoms with E-state index >= 15 is 0 Å². The normalized spacial score (nSPS) is 22.7. The number of hydrogen-bond acceptors (Lipinski definition) is 5. The van der Waals surface area contributed by atoms with Gasteiger partial charge in [0.25, 0.3) is 0 Å². The van der Waals surface area contributed by atoms with Crippen LogP contribution in [0.1, 0.15) is 27.2 Å². The summed E-state index contributed by atoms with van der Waals surface area (Å²) in [5.74, 6) is 1.13. The Labute approximate surface area is 185 Å². The lowest BCUT2D eigenvalue weighted by molar-refractivity contribution is -0.0682. The molecule has 1 amide bonds. The van der Waals surface area contributed by atoms with E-state index in [9.17, 15) is 9.18 Å². The molecule has 0 radical (unpaired) electrons. The van der Waals surface area contributed by atoms with E-state index in [4.69, 9.17) is 9.47 Å². The van der Waals surface area contributed by atoms with Gasteiger partial charge in [-0.05, 0) is 45.1 Å². The van der Waals surface area contributed by atoms with Crippen LogP contribution in [0.5, 0.6) is 5.75 Å². The minimum Gasteiger partial charge on any atom is -0.491 e. The van der Waals surface area contributed by atoms with E-state index in [0.717, 1.165) is 17.5 Å². The van der Waals surface area contributed by atoms with Crippen molar-refractivity contribution < 1.29 is 18.7 Å². The fraction of sp³-hybridized carbons (Fsp3) is 0.522. The second-order valence-corrected chi connectivity index (χ2v) is 9.90. The first-order valence-electron chi connectivity index (χ1n) is 10.9. The van der Waals surface area contributed by atoms with Crippen LogP contribution >= 0.6 is 0 Å². The number of nitrogens with zero attached hydrogens (tertiary/aromatic N) is 5. The van der Waals surface area contributed by atoms with Crippen LogP contribution in [0.2, 0.25) is 0 Å². The molecule has 0 spiro atoms. The molecule has 2 bridgehead atoms. The second kappa shape index (κ2) is 7.50. The van der Waals surface area contributed by atoms with Crippen molar-refractivity contribution in [2.24, 2.45) is 24.8 Å². The highest BCUT2D eigenvalue weighted by atomic mass is 19.1. The first-order valence-corrected chi connectivity index (χ1v) is 10.9. The number of carbonyl (C=O) groups is 1. The van der Waals surface area contributed by atoms with Crippen LogP contribution in [-0.2, 0) is 11.8 Å². The van der Waals surface area contributed by atoms with Gasteiger partial charge in [-0.1, -0.05) is 0 Å². The summed E-state index contributed by atoms with van der Waals surface area (Å²) in [7, 11) is 1.85. The fourth-order valence-electron chi connectivity index (χ4n) is 4.81. The summed E-state index contributed by atoms with van der Waals surface area (Å²) in [6, 6.07) is 1.85. The Hall–Kier alpha value is -3.10. The summed E-state index contributed by atoms with van der Waals surface area (Å²) < 4.78 is 29.4. The van der Waals surface area contributed by atoms with E-state index < -0.39 is 11.4 Å². The predicted octanol–water partition coefficient (Wildman–Crippen LogP) is 3.76. The highest BCUT2D eigenvalue weighted by Gasteiger charge is 2.48. The van der Waals surface area contributed by atoms with E-state index in [1.165, 1.54) is 10.7 Å². The number of halogens is 1. The molecule has 0 aromatic carbocycles. The van der Waals surface area contributed by atoms with Gasteiger partial charge in [-0.25, -0.2) is 13.7 Å². The van der Waals surface area contributed by atoms with Crippen LogP contribution < -0.4 is 4.74 Å². The van der Waals surface area contributed by atoms with Crippen LogP contribution in [-0.4, -0.2) is 55.7 Å². The molecule has 170 valence electrons. The number of ether oxygens (including phenoxy) is 2. The summed E-state index contributed by atoms with van der Waals surface area (Å²) in [5, 5.41) is 8.34. The van der Waals surface area contributed by atoms with Crippen LogP contribution in [0.3, 0.4) is 0 Å². The zero-order valence-electron chi connectivity index (χ0n) is 18.8. The molecule has 1 saturated heterocycles. The lowest BCUT2D eigenvalue weighted by Gasteiger charge is -2.53. The third-order valence-electron chi connectivity index (χ3n) is 6.38. The first kappa shape index (κ1) is 20.8. The molecule has 5 rings (SSSR count). The van der Waals surface area contributed by atoms with Crippen molar-refractivity contribution in [2.75, 3.05) is 19.7 Å². The average molecular weight is 442 g/mol. The van der Waals surface area contributed by atoms with Gasteiger partial charge in [-0.3, -0.25) is 4.68 Å². The van der Waals surface area contributed by atoms with E-state index in [1.54, 1.807) is 22.0 Å². The third-order valence-corrected chi connectivity index (χ3v) is 6.38. The van der Waals surface area contributed by atoms with Crippen LogP contribution in [0.15, 0.2) is 30.9 Å². The summed E-state index contributed by atoms with van der Waals surface area (Å²) in [6.45, 7) is 7.46. The smallest absolute Gasteiger partial charge is 0.410 e. The molecule has 3 aromatic rings. The molecule has 2 atom stereocenters. The van der Waals surface area contributed by atoms with Gasteiger partial charge in [0.15, 0.2) is 5.82 Å². The summed E-state index contributed by atoms with van der Waals surface area (Å²) >= 11 is 0. The van der Waals surface area contributed by atoms with Gasteiger partial charge in [-0.2, -0.15) is 10.2 Å². The van der Waals surface area contributed by atoms with Gasteiger partial charge in [-0.15, -0.1) is 0 Å². The number of hydrogen-bond donors (Lipinski definition) is 0. The Morgan fingerprint density at radius 1 is 1.16 bits per heavy atom. The number of amides is 1. The molecule has 32 heavy (non-hydrogen) atoms. The molecule has 1 aliphatic carbocycles. The van der Waals surface area contributed by atoms with Gasteiger partial charge in [0.05, 0.1) is 19.0 Å². The van der Waals surface area contributed by atoms with Crippen LogP contribution in [0.25, 0.3) is 16.6 Å². The van der Waals surface area contributed by atoms with Crippen LogP contribution in [0, 0.1) is 23.6 Å². The summed E-state index contributed by atoms with van der Waals surface area (Å²) in [4.78, 5) is 14.2. The molecule has 0 N–H and O–H groups in total. The Balaban J connectivity index is 1.30. The minimum absolute atomic E-state index is 0.251. The van der Waals surface area contributed by atoms with Gasteiger partial charge in [0.1, 0.15) is 16.9 Å². The zero-order chi connectivity index (χ0) is 22.6. The number of rotatable bonds is 4. The molecule has 2 aliphatic rings. The maximum Gasteiger partial charge on any atom is 0.410 e. The summed E-state index contributed by atoms with van der Waals surface area (Å²) in [6.07, 6.45) is 7.46. The van der Waals surface area contributed by atoms with E-state index in [-0.39, 0.29) is 6.09 Å². The molecule has 9 heteroatoms.